The number of carbonyl (C=O) groups is 1. The van der Waals surface area contributed by atoms with Gasteiger partial charge < -0.3 is 13.9 Å². The highest BCUT2D eigenvalue weighted by Gasteiger charge is 2.55. The maximum atomic E-state index is 14.2. The fraction of sp³-hybridized carbons (Fsp3) is 0.756. The number of H-pyrrole nitrogens is 1. The molecule has 0 radical (unpaired) electrons. The Labute approximate surface area is 345 Å². The minimum Gasteiger partial charge on any atom is -0.457 e. The van der Waals surface area contributed by atoms with Crippen molar-refractivity contribution < 1.29 is 18.7 Å². The Balaban J connectivity index is 1.92. The first-order chi connectivity index (χ1) is 26.6. The second-order valence-electron chi connectivity index (χ2n) is 17.6. The Bertz CT molecular complexity index is 1520. The predicted molar refractivity (Wildman–Crippen MR) is 242 cm³/mol. The van der Waals surface area contributed by atoms with Crippen LogP contribution in [-0.4, -0.2) is 71.5 Å². The van der Waals surface area contributed by atoms with E-state index >= 15 is 0 Å². The fourth-order valence-electron chi connectivity index (χ4n) is 9.32. The maximum absolute atomic E-state index is 14.2. The zero-order valence-electron chi connectivity index (χ0n) is 36.9. The quantitative estimate of drug-likeness (QED) is 0.0436. The molecule has 1 aromatic heterocycles. The van der Waals surface area contributed by atoms with Crippen LogP contribution in [0.5, 0.6) is 0 Å². The number of esters is 1. The smallest absolute Gasteiger partial charge is 0.330 e. The average molecular weight is 834 g/mol. The molecule has 0 aliphatic carbocycles. The number of nitrogens with zero attached hydrogens (tertiary/aromatic N) is 1. The number of rotatable bonds is 26. The summed E-state index contributed by atoms with van der Waals surface area (Å²) in [7, 11) is -3.57. The second kappa shape index (κ2) is 23.2. The van der Waals surface area contributed by atoms with Crippen LogP contribution in [0.4, 0.5) is 0 Å². The monoisotopic (exact) mass is 834 g/mol. The average Bonchev–Trinajstić information content (AvgIpc) is 3.49. The van der Waals surface area contributed by atoms with E-state index in [2.05, 4.69) is 105 Å². The molecule has 0 spiro atoms. The molecule has 5 atom stereocenters. The van der Waals surface area contributed by atoms with E-state index in [1.165, 1.54) is 91.3 Å². The highest BCUT2D eigenvalue weighted by atomic mass is 32.2. The van der Waals surface area contributed by atoms with Crippen LogP contribution in [0, 0.1) is 0 Å². The maximum Gasteiger partial charge on any atom is 0.330 e. The van der Waals surface area contributed by atoms with Crippen LogP contribution in [0.25, 0.3) is 0 Å². The fourth-order valence-corrected chi connectivity index (χ4v) is 21.3. The molecule has 2 aromatic rings. The summed E-state index contributed by atoms with van der Waals surface area (Å²) < 4.78 is 21.7. The highest BCUT2D eigenvalue weighted by molar-refractivity contribution is 8.00. The molecule has 0 amide bonds. The molecule has 1 N–H and O–H groups in total. The Morgan fingerprint density at radius 3 is 1.89 bits per heavy atom. The summed E-state index contributed by atoms with van der Waals surface area (Å²) in [5, 5.41) is 0. The Hall–Kier alpha value is -1.71. The molecule has 0 saturated carbocycles. The van der Waals surface area contributed by atoms with Crippen LogP contribution in [0.3, 0.4) is 0 Å². The van der Waals surface area contributed by atoms with E-state index in [-0.39, 0.29) is 33.8 Å². The van der Waals surface area contributed by atoms with Gasteiger partial charge in [0.25, 0.3) is 5.56 Å². The molecule has 1 aliphatic rings. The third kappa shape index (κ3) is 13.1. The number of aromatic nitrogens is 2. The van der Waals surface area contributed by atoms with Crippen molar-refractivity contribution in [1.82, 2.24) is 9.55 Å². The van der Waals surface area contributed by atoms with Crippen molar-refractivity contribution in [3.05, 3.63) is 63.4 Å². The van der Waals surface area contributed by atoms with Crippen molar-refractivity contribution in [2.24, 2.45) is 0 Å². The molecule has 11 heteroatoms. The molecule has 8 nitrogen and oxygen atoms in total. The first-order valence-corrected chi connectivity index (χ1v) is 27.5. The van der Waals surface area contributed by atoms with Gasteiger partial charge in [0.05, 0.1) is 30.8 Å². The summed E-state index contributed by atoms with van der Waals surface area (Å²) in [5.41, 5.74) is -0.261. The molecular formula is C45H78N2O6PSSi+. The van der Waals surface area contributed by atoms with Crippen LogP contribution >= 0.6 is 19.0 Å². The predicted octanol–water partition coefficient (Wildman–Crippen LogP) is 11.8. The molecule has 1 fully saturated rings. The highest BCUT2D eigenvalue weighted by Crippen LogP contribution is 2.62. The minimum absolute atomic E-state index is 0.150. The van der Waals surface area contributed by atoms with Crippen LogP contribution in [0.1, 0.15) is 153 Å². The number of nitrogens with one attached hydrogen (secondary N) is 1. The normalized spacial score (nSPS) is 20.2. The first-order valence-electron chi connectivity index (χ1n) is 22.0. The van der Waals surface area contributed by atoms with Gasteiger partial charge in [-0.25, -0.2) is 4.79 Å². The molecule has 1 aromatic carbocycles. The Kier molecular flexibility index (Phi) is 20.1. The van der Waals surface area contributed by atoms with Crippen molar-refractivity contribution in [2.75, 3.05) is 24.6 Å². The zero-order chi connectivity index (χ0) is 41.5. The topological polar surface area (TPSA) is 99.6 Å². The summed E-state index contributed by atoms with van der Waals surface area (Å²) in [4.78, 5) is 43.1. The van der Waals surface area contributed by atoms with E-state index < -0.39 is 51.4 Å². The van der Waals surface area contributed by atoms with E-state index in [4.69, 9.17) is 13.9 Å². The summed E-state index contributed by atoms with van der Waals surface area (Å²) >= 11 is 1.90. The van der Waals surface area contributed by atoms with E-state index in [0.29, 0.717) is 12.8 Å². The molecule has 2 unspecified atom stereocenters. The van der Waals surface area contributed by atoms with Crippen molar-refractivity contribution in [1.29, 1.82) is 0 Å². The standard InChI is InChI=1S/C45H77N2O6PSSi/c1-12-16-30-54(31-17-13-2,32-18-14-3)33-22-27-45(11,55-37-23-20-19-21-24-37)28-25-40(49)52-41-38(15-4)51-43(47-29-26-39(48)46-44(47)50)42(41)53-56(34(5)6,35(7)8)36(9)10/h19-21,23-24,26,29,34-36,38,41-43H,12-18,22,25,27-28,30-33H2,1-11H3/p+1/t38-,41+,42?,43-,45?/m1/s1. The molecule has 1 aliphatic heterocycles. The molecule has 3 rings (SSSR count). The van der Waals surface area contributed by atoms with Gasteiger partial charge in [-0.15, -0.1) is 11.8 Å². The Morgan fingerprint density at radius 2 is 1.39 bits per heavy atom. The molecule has 318 valence electrons. The lowest BCUT2D eigenvalue weighted by Crippen LogP contribution is -2.54. The number of thioether (sulfide) groups is 1. The van der Waals surface area contributed by atoms with Gasteiger partial charge in [-0.1, -0.05) is 114 Å². The largest absolute Gasteiger partial charge is 0.457 e. The first kappa shape index (κ1) is 48.7. The van der Waals surface area contributed by atoms with Gasteiger partial charge in [0, 0.05) is 35.6 Å². The molecule has 1 saturated heterocycles. The SMILES string of the molecule is CCCC[P+](CCCC)(CCCC)CCCC(C)(CCC(=O)O[C@@H]1C(O[Si](C(C)C)(C(C)C)C(C)C)[C@H](n2ccc(=O)[nH]c2=O)O[C@@H]1CC)Sc1ccccc1. The van der Waals surface area contributed by atoms with Crippen LogP contribution in [0.15, 0.2) is 57.1 Å². The zero-order valence-corrected chi connectivity index (χ0v) is 39.7. The lowest BCUT2D eigenvalue weighted by Gasteiger charge is -2.45. The van der Waals surface area contributed by atoms with Crippen LogP contribution < -0.4 is 11.2 Å². The van der Waals surface area contributed by atoms with E-state index in [1.54, 1.807) is 0 Å². The second-order valence-corrected chi connectivity index (χ2v) is 29.2. The number of unbranched alkanes of at least 4 members (excludes halogenated alkanes) is 3. The van der Waals surface area contributed by atoms with Crippen LogP contribution in [-0.2, 0) is 18.7 Å². The van der Waals surface area contributed by atoms with Crippen molar-refractivity contribution in [3.8, 4) is 0 Å². The number of hydrogen-bond donors (Lipinski definition) is 1. The Morgan fingerprint density at radius 1 is 0.839 bits per heavy atom. The molecular weight excluding hydrogens is 756 g/mol. The summed E-state index contributed by atoms with van der Waals surface area (Å²) in [6, 6.07) is 11.9. The van der Waals surface area contributed by atoms with E-state index in [9.17, 15) is 14.4 Å². The van der Waals surface area contributed by atoms with Gasteiger partial charge in [0.15, 0.2) is 12.3 Å². The minimum atomic E-state index is -2.54. The molecule has 56 heavy (non-hydrogen) atoms. The van der Waals surface area contributed by atoms with Gasteiger partial charge in [-0.3, -0.25) is 19.1 Å². The molecule has 0 bridgehead atoms. The van der Waals surface area contributed by atoms with Gasteiger partial charge in [-0.2, -0.15) is 0 Å². The van der Waals surface area contributed by atoms with Gasteiger partial charge >= 0.3 is 11.7 Å². The number of ether oxygens (including phenoxy) is 2. The molecule has 2 heterocycles. The number of carbonyl (C=O) groups excluding carboxylic acids is 1. The van der Waals surface area contributed by atoms with Crippen LogP contribution in [0.2, 0.25) is 16.6 Å². The number of aromatic amines is 1. The third-order valence-electron chi connectivity index (χ3n) is 12.4. The lowest BCUT2D eigenvalue weighted by molar-refractivity contribution is -0.155. The van der Waals surface area contributed by atoms with Crippen molar-refractivity contribution in [3.63, 3.8) is 0 Å². The van der Waals surface area contributed by atoms with E-state index in [0.717, 1.165) is 6.42 Å². The van der Waals surface area contributed by atoms with Crippen molar-refractivity contribution in [2.45, 2.75) is 198 Å². The number of hydrogen-bond acceptors (Lipinski definition) is 7. The van der Waals surface area contributed by atoms with Gasteiger partial charge in [-0.05, 0) is 73.7 Å². The van der Waals surface area contributed by atoms with Gasteiger partial charge in [0.1, 0.15) is 6.10 Å². The third-order valence-corrected chi connectivity index (χ3v) is 25.0. The summed E-state index contributed by atoms with van der Waals surface area (Å²) in [5.74, 6) is -0.262. The summed E-state index contributed by atoms with van der Waals surface area (Å²) in [6.45, 7) is 24.7. The van der Waals surface area contributed by atoms with E-state index in [1.807, 2.05) is 18.7 Å². The number of benzene rings is 1. The summed E-state index contributed by atoms with van der Waals surface area (Å²) in [6.07, 6.45) is 15.9. The van der Waals surface area contributed by atoms with Gasteiger partial charge in [0.2, 0.25) is 8.32 Å². The lowest BCUT2D eigenvalue weighted by atomic mass is 9.99. The van der Waals surface area contributed by atoms with Crippen molar-refractivity contribution >= 4 is 33.3 Å².